The van der Waals surface area contributed by atoms with Crippen LogP contribution in [0.25, 0.3) is 0 Å². The van der Waals surface area contributed by atoms with E-state index in [4.69, 9.17) is 19.6 Å². The summed E-state index contributed by atoms with van der Waals surface area (Å²) in [5.41, 5.74) is 0. The van der Waals surface area contributed by atoms with Crippen LogP contribution in [-0.2, 0) is 9.13 Å². The zero-order valence-electron chi connectivity index (χ0n) is 4.91. The fourth-order valence-electron chi connectivity index (χ4n) is 0.261. The van der Waals surface area contributed by atoms with E-state index in [1.165, 1.54) is 0 Å². The number of hydrogen-bond acceptors (Lipinski definition) is 2. The summed E-state index contributed by atoms with van der Waals surface area (Å²) in [5.74, 6) is 0. The van der Waals surface area contributed by atoms with Gasteiger partial charge in [0.2, 0.25) is 0 Å². The van der Waals surface area contributed by atoms with Gasteiger partial charge in [-0.25, -0.2) is 0 Å². The quantitative estimate of drug-likeness (QED) is 0.335. The summed E-state index contributed by atoms with van der Waals surface area (Å²) >= 11 is 0. The van der Waals surface area contributed by atoms with E-state index >= 15 is 0 Å². The van der Waals surface area contributed by atoms with E-state index in [1.54, 1.807) is 0 Å². The van der Waals surface area contributed by atoms with Crippen LogP contribution in [0.4, 0.5) is 0 Å². The molecule has 0 fully saturated rings. The van der Waals surface area contributed by atoms with E-state index in [1.807, 2.05) is 0 Å². The molecular weight excluding hydrogens is 228 g/mol. The predicted octanol–water partition coefficient (Wildman–Crippen LogP) is -1.96. The van der Waals surface area contributed by atoms with Crippen molar-refractivity contribution in [2.24, 2.45) is 0 Å². The van der Waals surface area contributed by atoms with Crippen LogP contribution >= 0.6 is 15.2 Å². The molecule has 12 heavy (non-hydrogen) atoms. The van der Waals surface area contributed by atoms with Gasteiger partial charge in [0.15, 0.2) is 0 Å². The second kappa shape index (κ2) is 7.57. The van der Waals surface area contributed by atoms with Crippen LogP contribution in [0, 0.1) is 0 Å². The van der Waals surface area contributed by atoms with Gasteiger partial charge in [-0.1, -0.05) is 0 Å². The molecule has 0 atom stereocenters. The van der Waals surface area contributed by atoms with Crippen LogP contribution in [-0.4, -0.2) is 91.0 Å². The summed E-state index contributed by atoms with van der Waals surface area (Å²) in [7, 11) is -8.51. The molecule has 0 saturated carbocycles. The first-order chi connectivity index (χ1) is 4.21. The summed E-state index contributed by atoms with van der Waals surface area (Å²) in [5, 5.41) is 0. The third-order valence-electron chi connectivity index (χ3n) is 0.683. The Bertz CT molecular complexity index is 172. The molecule has 0 saturated heterocycles. The third-order valence-corrected chi connectivity index (χ3v) is 2.65. The Kier molecular flexibility index (Phi) is 12.5. The normalized spacial score (nSPS) is 11.3. The van der Waals surface area contributed by atoms with E-state index in [0.717, 1.165) is 0 Å². The molecule has 0 aliphatic rings. The zero-order valence-corrected chi connectivity index (χ0v) is 6.70. The first kappa shape index (κ1) is 19.8. The fourth-order valence-corrected chi connectivity index (χ4v) is 2.34. The molecule has 0 radical (unpaired) electrons. The first-order valence-electron chi connectivity index (χ1n) is 2.30. The second-order valence-electron chi connectivity index (χ2n) is 1.78. The van der Waals surface area contributed by atoms with Gasteiger partial charge in [-0.15, -0.1) is 0 Å². The van der Waals surface area contributed by atoms with Crippen molar-refractivity contribution in [3.8, 4) is 0 Å². The van der Waals surface area contributed by atoms with Gasteiger partial charge in [0.05, 0.1) is 12.3 Å². The molecule has 0 aromatic rings. The summed E-state index contributed by atoms with van der Waals surface area (Å²) in [6.45, 7) is 0. The van der Waals surface area contributed by atoms with Gasteiger partial charge >= 0.3 is 74.3 Å². The molecular formula is C2H10Na2O6P2. The number of rotatable bonds is 3. The van der Waals surface area contributed by atoms with Crippen LogP contribution in [0.3, 0.4) is 0 Å². The molecule has 0 heterocycles. The van der Waals surface area contributed by atoms with Crippen LogP contribution in [0.1, 0.15) is 0 Å². The summed E-state index contributed by atoms with van der Waals surface area (Å²) in [6, 6.07) is 0. The van der Waals surface area contributed by atoms with Crippen LogP contribution in [0.2, 0.25) is 0 Å². The minimum absolute atomic E-state index is 0. The SMILES string of the molecule is O=P(O)(O)CCP(=O)(O)O.[NaH].[NaH]. The summed E-state index contributed by atoms with van der Waals surface area (Å²) in [4.78, 5) is 32.6. The van der Waals surface area contributed by atoms with Crippen molar-refractivity contribution >= 4 is 74.3 Å². The van der Waals surface area contributed by atoms with Gasteiger partial charge in [0.25, 0.3) is 0 Å². The molecule has 0 amide bonds. The van der Waals surface area contributed by atoms with E-state index in [9.17, 15) is 9.13 Å². The molecule has 0 spiro atoms. The Morgan fingerprint density at radius 1 is 0.750 bits per heavy atom. The Morgan fingerprint density at radius 3 is 1.00 bits per heavy atom. The van der Waals surface area contributed by atoms with Crippen LogP contribution < -0.4 is 0 Å². The summed E-state index contributed by atoms with van der Waals surface area (Å²) < 4.78 is 20.1. The maximum absolute atomic E-state index is 10.0. The van der Waals surface area contributed by atoms with Gasteiger partial charge in [-0.05, 0) is 0 Å². The van der Waals surface area contributed by atoms with Gasteiger partial charge in [-0.3, -0.25) is 9.13 Å². The van der Waals surface area contributed by atoms with E-state index in [0.29, 0.717) is 0 Å². The Morgan fingerprint density at radius 2 is 0.917 bits per heavy atom. The van der Waals surface area contributed by atoms with Gasteiger partial charge < -0.3 is 19.6 Å². The van der Waals surface area contributed by atoms with Crippen molar-refractivity contribution in [1.29, 1.82) is 0 Å². The van der Waals surface area contributed by atoms with Crippen molar-refractivity contribution in [1.82, 2.24) is 0 Å². The molecule has 0 unspecified atom stereocenters. The molecule has 0 aliphatic heterocycles. The Balaban J connectivity index is -0.000000405. The average Bonchev–Trinajstić information content (AvgIpc) is 1.57. The van der Waals surface area contributed by atoms with Gasteiger partial charge in [0.1, 0.15) is 0 Å². The number of hydrogen-bond donors (Lipinski definition) is 4. The van der Waals surface area contributed by atoms with Crippen molar-refractivity contribution in [3.05, 3.63) is 0 Å². The van der Waals surface area contributed by atoms with Crippen molar-refractivity contribution in [2.45, 2.75) is 0 Å². The van der Waals surface area contributed by atoms with Gasteiger partial charge in [0, 0.05) is 0 Å². The van der Waals surface area contributed by atoms with Crippen LogP contribution in [0.15, 0.2) is 0 Å². The molecule has 0 aromatic heterocycles. The molecule has 66 valence electrons. The molecule has 0 aromatic carbocycles. The summed E-state index contributed by atoms with van der Waals surface area (Å²) in [6.07, 6.45) is -1.53. The van der Waals surface area contributed by atoms with Crippen LogP contribution in [0.5, 0.6) is 0 Å². The molecule has 10 heteroatoms. The minimum atomic E-state index is -4.25. The average molecular weight is 238 g/mol. The zero-order chi connectivity index (χ0) is 8.41. The van der Waals surface area contributed by atoms with E-state index in [2.05, 4.69) is 0 Å². The molecule has 6 nitrogen and oxygen atoms in total. The maximum atomic E-state index is 10.0. The molecule has 0 rings (SSSR count). The first-order valence-corrected chi connectivity index (χ1v) is 5.89. The molecule has 0 bridgehead atoms. The van der Waals surface area contributed by atoms with E-state index < -0.39 is 27.5 Å². The Labute approximate surface area is 114 Å². The van der Waals surface area contributed by atoms with Crippen molar-refractivity contribution in [3.63, 3.8) is 0 Å². The molecule has 0 aliphatic carbocycles. The molecule has 4 N–H and O–H groups in total. The fraction of sp³-hybridized carbons (Fsp3) is 1.00. The van der Waals surface area contributed by atoms with Gasteiger partial charge in [-0.2, -0.15) is 0 Å². The second-order valence-corrected chi connectivity index (χ2v) is 5.33. The third kappa shape index (κ3) is 18.2. The van der Waals surface area contributed by atoms with Crippen molar-refractivity contribution in [2.75, 3.05) is 12.3 Å². The standard InChI is InChI=1S/C2H8O6P2.2Na.2H/c3-9(4,5)1-2-10(6,7)8;;;;/h1-2H2,(H2,3,4,5)(H2,6,7,8);;;;. The van der Waals surface area contributed by atoms with Crippen molar-refractivity contribution < 1.29 is 28.7 Å². The topological polar surface area (TPSA) is 115 Å². The Hall–Kier alpha value is 2.30. The van der Waals surface area contributed by atoms with E-state index in [-0.39, 0.29) is 59.1 Å². The monoisotopic (exact) mass is 238 g/mol. The predicted molar refractivity (Wildman–Crippen MR) is 48.1 cm³/mol.